The number of ether oxygens (including phenoxy) is 2. The summed E-state index contributed by atoms with van der Waals surface area (Å²) in [6.45, 7) is 5.18. The molecule has 0 aliphatic carbocycles. The van der Waals surface area contributed by atoms with Crippen LogP contribution in [-0.4, -0.2) is 38.6 Å². The molecule has 1 atom stereocenters. The van der Waals surface area contributed by atoms with Crippen LogP contribution in [0.1, 0.15) is 20.3 Å². The third-order valence-electron chi connectivity index (χ3n) is 1.03. The van der Waals surface area contributed by atoms with Gasteiger partial charge < -0.3 is 14.6 Å². The predicted molar refractivity (Wildman–Crippen MR) is 45.7 cm³/mol. The summed E-state index contributed by atoms with van der Waals surface area (Å²) < 4.78 is 9.23. The number of aliphatic hydroxyl groups excluding tert-OH is 1. The molecule has 0 aliphatic heterocycles. The third kappa shape index (κ3) is 25.8. The zero-order valence-electron chi connectivity index (χ0n) is 7.96. The van der Waals surface area contributed by atoms with Gasteiger partial charge >= 0.3 is 0 Å². The quantitative estimate of drug-likeness (QED) is 0.675. The molecule has 0 rings (SSSR count). The first-order valence-electron chi connectivity index (χ1n) is 3.84. The fraction of sp³-hybridized carbons (Fsp3) is 1.00. The summed E-state index contributed by atoms with van der Waals surface area (Å²) in [5.41, 5.74) is 0. The monoisotopic (exact) mass is 164 g/mol. The lowest BCUT2D eigenvalue weighted by Gasteiger charge is -1.99. The van der Waals surface area contributed by atoms with Crippen molar-refractivity contribution in [2.75, 3.05) is 27.4 Å². The van der Waals surface area contributed by atoms with E-state index < -0.39 is 0 Å². The summed E-state index contributed by atoms with van der Waals surface area (Å²) in [7, 11) is 3.31. The van der Waals surface area contributed by atoms with E-state index in [0.29, 0.717) is 6.61 Å². The van der Waals surface area contributed by atoms with Gasteiger partial charge in [-0.25, -0.2) is 0 Å². The highest BCUT2D eigenvalue weighted by Crippen LogP contribution is 1.86. The molecule has 1 N–H and O–H groups in total. The molecule has 1 unspecified atom stereocenters. The van der Waals surface area contributed by atoms with Crippen molar-refractivity contribution in [3.63, 3.8) is 0 Å². The summed E-state index contributed by atoms with van der Waals surface area (Å²) in [6, 6.07) is 0. The molecule has 0 bridgehead atoms. The third-order valence-corrected chi connectivity index (χ3v) is 1.03. The van der Waals surface area contributed by atoms with E-state index in [9.17, 15) is 0 Å². The molecule has 0 fully saturated rings. The largest absolute Gasteiger partial charge is 0.393 e. The molecule has 70 valence electrons. The second kappa shape index (κ2) is 12.5. The van der Waals surface area contributed by atoms with Crippen LogP contribution >= 0.6 is 0 Å². The molecular formula is C8H20O3. The van der Waals surface area contributed by atoms with E-state index in [0.717, 1.165) is 13.0 Å². The van der Waals surface area contributed by atoms with Crippen LogP contribution in [0.4, 0.5) is 0 Å². The van der Waals surface area contributed by atoms with Gasteiger partial charge in [-0.3, -0.25) is 0 Å². The Morgan fingerprint density at radius 2 is 1.73 bits per heavy atom. The Labute approximate surface area is 69.3 Å². The fourth-order valence-electron chi connectivity index (χ4n) is 0.288. The van der Waals surface area contributed by atoms with Gasteiger partial charge in [0.1, 0.15) is 0 Å². The average Bonchev–Trinajstić information content (AvgIpc) is 2.01. The van der Waals surface area contributed by atoms with Crippen LogP contribution in [0.25, 0.3) is 0 Å². The van der Waals surface area contributed by atoms with Gasteiger partial charge in [-0.2, -0.15) is 0 Å². The Balaban J connectivity index is 0. The maximum absolute atomic E-state index is 8.60. The molecule has 0 spiro atoms. The second-order valence-electron chi connectivity index (χ2n) is 2.21. The number of hydrogen-bond donors (Lipinski definition) is 1. The van der Waals surface area contributed by atoms with Crippen molar-refractivity contribution in [2.24, 2.45) is 0 Å². The molecule has 0 aromatic heterocycles. The van der Waals surface area contributed by atoms with E-state index in [2.05, 4.69) is 4.74 Å². The summed E-state index contributed by atoms with van der Waals surface area (Å²) in [5, 5.41) is 8.60. The van der Waals surface area contributed by atoms with Gasteiger partial charge in [0.15, 0.2) is 0 Å². The van der Waals surface area contributed by atoms with Crippen LogP contribution in [0.5, 0.6) is 0 Å². The fourth-order valence-corrected chi connectivity index (χ4v) is 0.288. The molecule has 3 nitrogen and oxygen atoms in total. The van der Waals surface area contributed by atoms with E-state index in [1.165, 1.54) is 0 Å². The maximum atomic E-state index is 8.60. The van der Waals surface area contributed by atoms with Gasteiger partial charge in [-0.05, 0) is 20.3 Å². The molecule has 0 saturated carbocycles. The Morgan fingerprint density at radius 3 is 1.82 bits per heavy atom. The minimum absolute atomic E-state index is 0.222. The minimum Gasteiger partial charge on any atom is -0.393 e. The van der Waals surface area contributed by atoms with E-state index in [1.807, 2.05) is 6.92 Å². The first kappa shape index (κ1) is 13.5. The summed E-state index contributed by atoms with van der Waals surface area (Å²) in [6.07, 6.45) is 0.510. The molecule has 0 aromatic carbocycles. The lowest BCUT2D eigenvalue weighted by molar-refractivity contribution is 0.121. The Kier molecular flexibility index (Phi) is 15.4. The predicted octanol–water partition coefficient (Wildman–Crippen LogP) is 1.06. The van der Waals surface area contributed by atoms with E-state index in [4.69, 9.17) is 9.84 Å². The van der Waals surface area contributed by atoms with Crippen molar-refractivity contribution in [3.8, 4) is 0 Å². The van der Waals surface area contributed by atoms with Crippen LogP contribution < -0.4 is 0 Å². The van der Waals surface area contributed by atoms with Crippen molar-refractivity contribution in [1.29, 1.82) is 0 Å². The van der Waals surface area contributed by atoms with Gasteiger partial charge in [0.05, 0.1) is 6.10 Å². The minimum atomic E-state index is -0.222. The maximum Gasteiger partial charge on any atom is 0.0534 e. The highest BCUT2D eigenvalue weighted by molar-refractivity contribution is 4.42. The van der Waals surface area contributed by atoms with Gasteiger partial charge in [0.25, 0.3) is 0 Å². The second-order valence-corrected chi connectivity index (χ2v) is 2.21. The lowest BCUT2D eigenvalue weighted by atomic mass is 10.3. The van der Waals surface area contributed by atoms with Gasteiger partial charge in [-0.15, -0.1) is 0 Å². The highest BCUT2D eigenvalue weighted by Gasteiger charge is 1.90. The molecule has 0 saturated heterocycles. The Hall–Kier alpha value is -0.120. The zero-order valence-corrected chi connectivity index (χ0v) is 7.96. The number of rotatable bonds is 4. The standard InChI is InChI=1S/C5H12O2.C3H8O/c1-5(6)3-4-7-2;1-3-4-2/h5-6H,3-4H2,1-2H3;3H2,1-2H3. The van der Waals surface area contributed by atoms with Crippen molar-refractivity contribution in [1.82, 2.24) is 0 Å². The van der Waals surface area contributed by atoms with E-state index in [-0.39, 0.29) is 6.10 Å². The SMILES string of the molecule is CCOC.COCCC(C)O. The van der Waals surface area contributed by atoms with E-state index >= 15 is 0 Å². The van der Waals surface area contributed by atoms with Crippen LogP contribution in [0, 0.1) is 0 Å². The summed E-state index contributed by atoms with van der Waals surface area (Å²) >= 11 is 0. The molecule has 0 aliphatic rings. The van der Waals surface area contributed by atoms with Crippen molar-refractivity contribution >= 4 is 0 Å². The molecule has 0 amide bonds. The molecule has 0 radical (unpaired) electrons. The van der Waals surface area contributed by atoms with Crippen molar-refractivity contribution < 1.29 is 14.6 Å². The topological polar surface area (TPSA) is 38.7 Å². The highest BCUT2D eigenvalue weighted by atomic mass is 16.5. The normalized spacial score (nSPS) is 11.7. The van der Waals surface area contributed by atoms with E-state index in [1.54, 1.807) is 21.1 Å². The molecule has 0 heterocycles. The number of aliphatic hydroxyl groups is 1. The summed E-state index contributed by atoms with van der Waals surface area (Å²) in [5.74, 6) is 0. The first-order valence-corrected chi connectivity index (χ1v) is 3.84. The molecule has 0 aromatic rings. The van der Waals surface area contributed by atoms with Crippen molar-refractivity contribution in [2.45, 2.75) is 26.4 Å². The van der Waals surface area contributed by atoms with Gasteiger partial charge in [0, 0.05) is 27.4 Å². The van der Waals surface area contributed by atoms with Crippen LogP contribution in [0.3, 0.4) is 0 Å². The molecule has 11 heavy (non-hydrogen) atoms. The average molecular weight is 164 g/mol. The first-order chi connectivity index (χ1) is 5.18. The number of hydrogen-bond acceptors (Lipinski definition) is 3. The Bertz CT molecular complexity index is 53.3. The Morgan fingerprint density at radius 1 is 1.27 bits per heavy atom. The molecule has 3 heteroatoms. The lowest BCUT2D eigenvalue weighted by Crippen LogP contribution is -2.03. The van der Waals surface area contributed by atoms with Crippen LogP contribution in [-0.2, 0) is 9.47 Å². The van der Waals surface area contributed by atoms with Gasteiger partial charge in [0.2, 0.25) is 0 Å². The zero-order chi connectivity index (χ0) is 9.11. The smallest absolute Gasteiger partial charge is 0.0534 e. The van der Waals surface area contributed by atoms with Gasteiger partial charge in [-0.1, -0.05) is 0 Å². The van der Waals surface area contributed by atoms with Crippen LogP contribution in [0.15, 0.2) is 0 Å². The molecular weight excluding hydrogens is 144 g/mol. The van der Waals surface area contributed by atoms with Crippen LogP contribution in [0.2, 0.25) is 0 Å². The van der Waals surface area contributed by atoms with Crippen molar-refractivity contribution in [3.05, 3.63) is 0 Å². The summed E-state index contributed by atoms with van der Waals surface area (Å²) in [4.78, 5) is 0. The number of methoxy groups -OCH3 is 2.